The first-order valence-electron chi connectivity index (χ1n) is 5.62. The number of hydrogen-bond acceptors (Lipinski definition) is 3. The molecule has 2 unspecified atom stereocenters. The Kier molecular flexibility index (Phi) is 4.00. The standard InChI is InChI=1S/C12H16BrFN2S/c1-8-12(7-15,4-5-17-8)16-9-2-3-11(14)10(13)6-9/h2-3,6,8,16H,4-5,7,15H2,1H3. The van der Waals surface area contributed by atoms with E-state index in [0.29, 0.717) is 16.3 Å². The summed E-state index contributed by atoms with van der Waals surface area (Å²) >= 11 is 5.13. The van der Waals surface area contributed by atoms with Crippen LogP contribution in [0.1, 0.15) is 13.3 Å². The summed E-state index contributed by atoms with van der Waals surface area (Å²) in [4.78, 5) is 0. The van der Waals surface area contributed by atoms with Gasteiger partial charge in [0.15, 0.2) is 0 Å². The predicted octanol–water partition coefficient (Wildman–Crippen LogP) is 3.22. The van der Waals surface area contributed by atoms with Crippen LogP contribution < -0.4 is 11.1 Å². The second-order valence-corrected chi connectivity index (χ2v) is 6.68. The Hall–Kier alpha value is -0.260. The number of nitrogens with one attached hydrogen (secondary N) is 1. The zero-order chi connectivity index (χ0) is 12.5. The van der Waals surface area contributed by atoms with Crippen LogP contribution in [0.25, 0.3) is 0 Å². The molecular weight excluding hydrogens is 303 g/mol. The Morgan fingerprint density at radius 3 is 2.94 bits per heavy atom. The molecule has 2 rings (SSSR count). The minimum Gasteiger partial charge on any atom is -0.377 e. The van der Waals surface area contributed by atoms with Crippen LogP contribution in [0.15, 0.2) is 22.7 Å². The van der Waals surface area contributed by atoms with Gasteiger partial charge in [0.2, 0.25) is 0 Å². The van der Waals surface area contributed by atoms with Crippen molar-refractivity contribution in [2.75, 3.05) is 17.6 Å². The second kappa shape index (κ2) is 5.16. The van der Waals surface area contributed by atoms with E-state index in [0.717, 1.165) is 17.9 Å². The molecule has 1 aromatic carbocycles. The number of anilines is 1. The Bertz CT molecular complexity index is 415. The van der Waals surface area contributed by atoms with E-state index in [1.54, 1.807) is 12.1 Å². The summed E-state index contributed by atoms with van der Waals surface area (Å²) in [5.74, 6) is 0.875. The molecule has 0 bridgehead atoms. The molecule has 2 atom stereocenters. The van der Waals surface area contributed by atoms with Gasteiger partial charge < -0.3 is 11.1 Å². The van der Waals surface area contributed by atoms with Gasteiger partial charge in [-0.25, -0.2) is 4.39 Å². The van der Waals surface area contributed by atoms with Crippen LogP contribution in [-0.4, -0.2) is 23.1 Å². The smallest absolute Gasteiger partial charge is 0.137 e. The van der Waals surface area contributed by atoms with E-state index < -0.39 is 0 Å². The van der Waals surface area contributed by atoms with Crippen LogP contribution in [0.5, 0.6) is 0 Å². The van der Waals surface area contributed by atoms with Crippen LogP contribution >= 0.6 is 27.7 Å². The minimum absolute atomic E-state index is 0.0675. The number of hydrogen-bond donors (Lipinski definition) is 2. The third kappa shape index (κ3) is 2.61. The average molecular weight is 319 g/mol. The largest absolute Gasteiger partial charge is 0.377 e. The van der Waals surface area contributed by atoms with Crippen molar-refractivity contribution < 1.29 is 4.39 Å². The van der Waals surface area contributed by atoms with Crippen molar-refractivity contribution in [1.82, 2.24) is 0 Å². The molecule has 0 radical (unpaired) electrons. The highest BCUT2D eigenvalue weighted by Gasteiger charge is 2.39. The van der Waals surface area contributed by atoms with Crippen molar-refractivity contribution >= 4 is 33.4 Å². The molecule has 1 aromatic rings. The van der Waals surface area contributed by atoms with Crippen molar-refractivity contribution in [2.24, 2.45) is 5.73 Å². The van der Waals surface area contributed by atoms with Crippen molar-refractivity contribution in [3.63, 3.8) is 0 Å². The monoisotopic (exact) mass is 318 g/mol. The summed E-state index contributed by atoms with van der Waals surface area (Å²) in [5.41, 5.74) is 6.76. The number of nitrogens with two attached hydrogens (primary N) is 1. The molecule has 0 aliphatic carbocycles. The molecule has 5 heteroatoms. The molecule has 17 heavy (non-hydrogen) atoms. The van der Waals surface area contributed by atoms with Crippen LogP contribution in [0.2, 0.25) is 0 Å². The molecule has 0 aromatic heterocycles. The van der Waals surface area contributed by atoms with E-state index in [9.17, 15) is 4.39 Å². The summed E-state index contributed by atoms with van der Waals surface area (Å²) in [6.45, 7) is 2.78. The summed E-state index contributed by atoms with van der Waals surface area (Å²) in [6.07, 6.45) is 1.05. The number of rotatable bonds is 3. The lowest BCUT2D eigenvalue weighted by atomic mass is 9.92. The third-order valence-corrected chi connectivity index (χ3v) is 5.37. The van der Waals surface area contributed by atoms with Gasteiger partial charge in [-0.15, -0.1) is 0 Å². The van der Waals surface area contributed by atoms with Crippen molar-refractivity contribution in [3.8, 4) is 0 Å². The maximum atomic E-state index is 13.2. The molecule has 1 aliphatic heterocycles. The van der Waals surface area contributed by atoms with Gasteiger partial charge in [0.25, 0.3) is 0 Å². The van der Waals surface area contributed by atoms with Crippen molar-refractivity contribution in [3.05, 3.63) is 28.5 Å². The fourth-order valence-electron chi connectivity index (χ4n) is 2.13. The highest BCUT2D eigenvalue weighted by atomic mass is 79.9. The summed E-state index contributed by atoms with van der Waals surface area (Å²) in [7, 11) is 0. The molecule has 1 aliphatic rings. The van der Waals surface area contributed by atoms with E-state index in [1.165, 1.54) is 6.07 Å². The normalized spacial score (nSPS) is 28.4. The first-order chi connectivity index (χ1) is 8.07. The first kappa shape index (κ1) is 13.2. The fraction of sp³-hybridized carbons (Fsp3) is 0.500. The second-order valence-electron chi connectivity index (χ2n) is 4.38. The molecule has 94 valence electrons. The third-order valence-electron chi connectivity index (χ3n) is 3.37. The van der Waals surface area contributed by atoms with E-state index in [1.807, 2.05) is 11.8 Å². The number of benzene rings is 1. The zero-order valence-electron chi connectivity index (χ0n) is 9.67. The summed E-state index contributed by atoms with van der Waals surface area (Å²) in [6, 6.07) is 4.99. The quantitative estimate of drug-likeness (QED) is 0.898. The van der Waals surface area contributed by atoms with Gasteiger partial charge in [0, 0.05) is 17.5 Å². The van der Waals surface area contributed by atoms with Gasteiger partial charge in [0.1, 0.15) is 5.82 Å². The minimum atomic E-state index is -0.244. The lowest BCUT2D eigenvalue weighted by molar-refractivity contribution is 0.479. The van der Waals surface area contributed by atoms with Crippen LogP contribution in [-0.2, 0) is 0 Å². The Labute approximate surface area is 114 Å². The van der Waals surface area contributed by atoms with E-state index in [-0.39, 0.29) is 11.4 Å². The summed E-state index contributed by atoms with van der Waals surface area (Å²) < 4.78 is 13.6. The first-order valence-corrected chi connectivity index (χ1v) is 7.46. The van der Waals surface area contributed by atoms with Crippen LogP contribution in [0, 0.1) is 5.82 Å². The van der Waals surface area contributed by atoms with Gasteiger partial charge in [-0.2, -0.15) is 11.8 Å². The highest BCUT2D eigenvalue weighted by Crippen LogP contribution is 2.38. The van der Waals surface area contributed by atoms with Gasteiger partial charge in [0.05, 0.1) is 10.0 Å². The lowest BCUT2D eigenvalue weighted by Gasteiger charge is -2.34. The molecule has 3 N–H and O–H groups in total. The molecule has 1 saturated heterocycles. The lowest BCUT2D eigenvalue weighted by Crippen LogP contribution is -2.49. The van der Waals surface area contributed by atoms with Crippen molar-refractivity contribution in [1.29, 1.82) is 0 Å². The Balaban J connectivity index is 2.21. The Morgan fingerprint density at radius 1 is 1.65 bits per heavy atom. The number of halogens is 2. The number of thioether (sulfide) groups is 1. The van der Waals surface area contributed by atoms with Gasteiger partial charge in [-0.3, -0.25) is 0 Å². The maximum absolute atomic E-state index is 13.2. The Morgan fingerprint density at radius 2 is 2.41 bits per heavy atom. The zero-order valence-corrected chi connectivity index (χ0v) is 12.1. The fourth-order valence-corrected chi connectivity index (χ4v) is 3.93. The van der Waals surface area contributed by atoms with Gasteiger partial charge in [-0.1, -0.05) is 6.92 Å². The highest BCUT2D eigenvalue weighted by molar-refractivity contribution is 9.10. The molecule has 1 heterocycles. The topological polar surface area (TPSA) is 38.0 Å². The van der Waals surface area contributed by atoms with Crippen LogP contribution in [0.3, 0.4) is 0 Å². The predicted molar refractivity (Wildman–Crippen MR) is 76.0 cm³/mol. The van der Waals surface area contributed by atoms with E-state index >= 15 is 0 Å². The summed E-state index contributed by atoms with van der Waals surface area (Å²) in [5, 5.41) is 3.95. The average Bonchev–Trinajstić information content (AvgIpc) is 2.66. The SMILES string of the molecule is CC1SCCC1(CN)Nc1ccc(F)c(Br)c1. The molecular formula is C12H16BrFN2S. The molecule has 1 fully saturated rings. The maximum Gasteiger partial charge on any atom is 0.137 e. The van der Waals surface area contributed by atoms with Gasteiger partial charge >= 0.3 is 0 Å². The molecule has 0 saturated carbocycles. The van der Waals surface area contributed by atoms with Gasteiger partial charge in [-0.05, 0) is 46.3 Å². The molecule has 0 amide bonds. The molecule has 2 nitrogen and oxygen atoms in total. The molecule has 0 spiro atoms. The van der Waals surface area contributed by atoms with E-state index in [4.69, 9.17) is 5.73 Å². The van der Waals surface area contributed by atoms with Crippen molar-refractivity contribution in [2.45, 2.75) is 24.1 Å². The van der Waals surface area contributed by atoms with Crippen LogP contribution in [0.4, 0.5) is 10.1 Å². The van der Waals surface area contributed by atoms with E-state index in [2.05, 4.69) is 28.2 Å².